The third-order valence-corrected chi connectivity index (χ3v) is 5.41. The Balaban J connectivity index is 2.29. The third kappa shape index (κ3) is 6.44. The minimum absolute atomic E-state index is 0.0208. The van der Waals surface area contributed by atoms with Crippen molar-refractivity contribution < 1.29 is 14.0 Å². The summed E-state index contributed by atoms with van der Waals surface area (Å²) in [6.45, 7) is 5.62. The fourth-order valence-electron chi connectivity index (χ4n) is 2.79. The van der Waals surface area contributed by atoms with Crippen LogP contribution in [0.2, 0.25) is 10.0 Å². The molecule has 0 bridgehead atoms. The van der Waals surface area contributed by atoms with Gasteiger partial charge in [0.1, 0.15) is 11.9 Å². The van der Waals surface area contributed by atoms with Crippen molar-refractivity contribution in [2.45, 2.75) is 52.2 Å². The van der Waals surface area contributed by atoms with Crippen LogP contribution in [0.1, 0.15) is 38.3 Å². The molecule has 0 saturated heterocycles. The Labute approximate surface area is 181 Å². The maximum Gasteiger partial charge on any atom is 0.242 e. The number of nitrogens with one attached hydrogen (secondary N) is 1. The van der Waals surface area contributed by atoms with Gasteiger partial charge in [-0.15, -0.1) is 0 Å². The SMILES string of the molecule is CC[C@@H](C)NC(=O)[C@H](C)N(Cc1ccc(Cl)cc1Cl)C(=O)Cc1ccccc1F. The van der Waals surface area contributed by atoms with Gasteiger partial charge >= 0.3 is 0 Å². The van der Waals surface area contributed by atoms with Crippen LogP contribution in [-0.4, -0.2) is 28.8 Å². The zero-order valence-corrected chi connectivity index (χ0v) is 18.2. The molecule has 2 amide bonds. The first-order chi connectivity index (χ1) is 13.7. The molecule has 2 rings (SSSR count). The Morgan fingerprint density at radius 3 is 2.41 bits per heavy atom. The van der Waals surface area contributed by atoms with Crippen molar-refractivity contribution in [1.82, 2.24) is 10.2 Å². The monoisotopic (exact) mass is 438 g/mol. The quantitative estimate of drug-likeness (QED) is 0.629. The molecule has 1 N–H and O–H groups in total. The van der Waals surface area contributed by atoms with Gasteiger partial charge in [0.2, 0.25) is 11.8 Å². The molecule has 7 heteroatoms. The number of rotatable bonds is 8. The van der Waals surface area contributed by atoms with Crippen LogP contribution in [0.25, 0.3) is 0 Å². The molecule has 0 aliphatic carbocycles. The van der Waals surface area contributed by atoms with E-state index in [1.807, 2.05) is 13.8 Å². The lowest BCUT2D eigenvalue weighted by molar-refractivity contribution is -0.140. The van der Waals surface area contributed by atoms with Crippen LogP contribution in [0.4, 0.5) is 4.39 Å². The highest BCUT2D eigenvalue weighted by molar-refractivity contribution is 6.35. The van der Waals surface area contributed by atoms with Gasteiger partial charge in [0, 0.05) is 22.6 Å². The van der Waals surface area contributed by atoms with Gasteiger partial charge in [0.15, 0.2) is 0 Å². The molecule has 2 aromatic carbocycles. The van der Waals surface area contributed by atoms with E-state index < -0.39 is 11.9 Å². The fourth-order valence-corrected chi connectivity index (χ4v) is 3.26. The fraction of sp³-hybridized carbons (Fsp3) is 0.364. The van der Waals surface area contributed by atoms with Crippen LogP contribution in [0, 0.1) is 5.82 Å². The standard InChI is InChI=1S/C22H25Cl2FN2O2/c1-4-14(2)26-22(29)15(3)27(13-17-9-10-18(23)12-19(17)24)21(28)11-16-7-5-6-8-20(16)25/h5-10,12,14-15H,4,11,13H2,1-3H3,(H,26,29)/t14-,15+/m1/s1. The maximum atomic E-state index is 14.0. The Morgan fingerprint density at radius 1 is 1.10 bits per heavy atom. The predicted octanol–water partition coefficient (Wildman–Crippen LogP) is 5.01. The Morgan fingerprint density at radius 2 is 1.79 bits per heavy atom. The molecular formula is C22H25Cl2FN2O2. The van der Waals surface area contributed by atoms with E-state index in [1.165, 1.54) is 11.0 Å². The van der Waals surface area contributed by atoms with E-state index in [-0.39, 0.29) is 36.4 Å². The Hall–Kier alpha value is -2.11. The number of halogens is 3. The number of benzene rings is 2. The van der Waals surface area contributed by atoms with Crippen molar-refractivity contribution in [3.8, 4) is 0 Å². The van der Waals surface area contributed by atoms with Gasteiger partial charge in [-0.3, -0.25) is 9.59 Å². The van der Waals surface area contributed by atoms with Gasteiger partial charge in [-0.05, 0) is 49.6 Å². The molecular weight excluding hydrogens is 414 g/mol. The first kappa shape index (κ1) is 23.2. The second kappa shape index (κ2) is 10.6. The van der Waals surface area contributed by atoms with Gasteiger partial charge in [-0.25, -0.2) is 4.39 Å². The van der Waals surface area contributed by atoms with Crippen molar-refractivity contribution >= 4 is 35.0 Å². The second-order valence-electron chi connectivity index (χ2n) is 7.02. The van der Waals surface area contributed by atoms with E-state index in [1.54, 1.807) is 43.3 Å². The number of hydrogen-bond acceptors (Lipinski definition) is 2. The molecule has 4 nitrogen and oxygen atoms in total. The summed E-state index contributed by atoms with van der Waals surface area (Å²) in [6, 6.07) is 10.3. The van der Waals surface area contributed by atoms with Crippen LogP contribution in [0.3, 0.4) is 0 Å². The molecule has 0 saturated carbocycles. The lowest BCUT2D eigenvalue weighted by Crippen LogP contribution is -2.50. The summed E-state index contributed by atoms with van der Waals surface area (Å²) in [6.07, 6.45) is 0.615. The zero-order valence-electron chi connectivity index (χ0n) is 16.7. The summed E-state index contributed by atoms with van der Waals surface area (Å²) in [4.78, 5) is 27.1. The van der Waals surface area contributed by atoms with Crippen molar-refractivity contribution in [3.05, 3.63) is 69.5 Å². The van der Waals surface area contributed by atoms with Gasteiger partial charge in [-0.1, -0.05) is 54.4 Å². The summed E-state index contributed by atoms with van der Waals surface area (Å²) < 4.78 is 14.0. The minimum atomic E-state index is -0.755. The van der Waals surface area contributed by atoms with Crippen molar-refractivity contribution in [1.29, 1.82) is 0 Å². The van der Waals surface area contributed by atoms with Gasteiger partial charge in [-0.2, -0.15) is 0 Å². The average molecular weight is 439 g/mol. The molecule has 2 atom stereocenters. The number of hydrogen-bond donors (Lipinski definition) is 1. The smallest absolute Gasteiger partial charge is 0.242 e. The predicted molar refractivity (Wildman–Crippen MR) is 114 cm³/mol. The summed E-state index contributed by atoms with van der Waals surface area (Å²) in [7, 11) is 0. The molecule has 0 aromatic heterocycles. The van der Waals surface area contributed by atoms with Crippen LogP contribution >= 0.6 is 23.2 Å². The highest BCUT2D eigenvalue weighted by Gasteiger charge is 2.27. The van der Waals surface area contributed by atoms with E-state index in [4.69, 9.17) is 23.2 Å². The van der Waals surface area contributed by atoms with Crippen LogP contribution in [-0.2, 0) is 22.6 Å². The molecule has 0 heterocycles. The highest BCUT2D eigenvalue weighted by Crippen LogP contribution is 2.24. The average Bonchev–Trinajstić information content (AvgIpc) is 2.68. The van der Waals surface area contributed by atoms with Gasteiger partial charge in [0.25, 0.3) is 0 Å². The van der Waals surface area contributed by atoms with Crippen molar-refractivity contribution in [2.75, 3.05) is 0 Å². The zero-order chi connectivity index (χ0) is 21.6. The molecule has 0 unspecified atom stereocenters. The van der Waals surface area contributed by atoms with E-state index in [9.17, 15) is 14.0 Å². The number of carbonyl (C=O) groups excluding carboxylic acids is 2. The maximum absolute atomic E-state index is 14.0. The lowest BCUT2D eigenvalue weighted by Gasteiger charge is -2.30. The third-order valence-electron chi connectivity index (χ3n) is 4.82. The molecule has 2 aromatic rings. The Kier molecular flexibility index (Phi) is 8.47. The largest absolute Gasteiger partial charge is 0.352 e. The molecule has 0 aliphatic rings. The van der Waals surface area contributed by atoms with E-state index in [0.717, 1.165) is 6.42 Å². The summed E-state index contributed by atoms with van der Waals surface area (Å²) in [5.74, 6) is -1.10. The summed E-state index contributed by atoms with van der Waals surface area (Å²) in [5, 5.41) is 3.76. The molecule has 0 fully saturated rings. The summed E-state index contributed by atoms with van der Waals surface area (Å²) in [5.41, 5.74) is 0.931. The second-order valence-corrected chi connectivity index (χ2v) is 7.86. The molecule has 29 heavy (non-hydrogen) atoms. The topological polar surface area (TPSA) is 49.4 Å². The van der Waals surface area contributed by atoms with Crippen molar-refractivity contribution in [3.63, 3.8) is 0 Å². The first-order valence-electron chi connectivity index (χ1n) is 9.50. The molecule has 156 valence electrons. The van der Waals surface area contributed by atoms with Crippen molar-refractivity contribution in [2.24, 2.45) is 0 Å². The number of nitrogens with zero attached hydrogens (tertiary/aromatic N) is 1. The van der Waals surface area contributed by atoms with Crippen LogP contribution in [0.15, 0.2) is 42.5 Å². The molecule has 0 aliphatic heterocycles. The normalized spacial score (nSPS) is 12.9. The Bertz CT molecular complexity index is 876. The summed E-state index contributed by atoms with van der Waals surface area (Å²) >= 11 is 12.2. The van der Waals surface area contributed by atoms with Gasteiger partial charge < -0.3 is 10.2 Å². The molecule has 0 radical (unpaired) electrons. The van der Waals surface area contributed by atoms with E-state index in [0.29, 0.717) is 15.6 Å². The van der Waals surface area contributed by atoms with Gasteiger partial charge in [0.05, 0.1) is 6.42 Å². The van der Waals surface area contributed by atoms with E-state index >= 15 is 0 Å². The lowest BCUT2D eigenvalue weighted by atomic mass is 10.1. The molecule has 0 spiro atoms. The highest BCUT2D eigenvalue weighted by atomic mass is 35.5. The number of carbonyl (C=O) groups is 2. The van der Waals surface area contributed by atoms with E-state index in [2.05, 4.69) is 5.32 Å². The number of amides is 2. The first-order valence-corrected chi connectivity index (χ1v) is 10.3. The van der Waals surface area contributed by atoms with Crippen LogP contribution < -0.4 is 5.32 Å². The van der Waals surface area contributed by atoms with Crippen LogP contribution in [0.5, 0.6) is 0 Å². The minimum Gasteiger partial charge on any atom is -0.352 e.